The van der Waals surface area contributed by atoms with E-state index in [2.05, 4.69) is 26.1 Å². The molecular formula is C13H13BrN2O2. The normalized spacial score (nSPS) is 12.4. The second-order valence-corrected chi connectivity index (χ2v) is 4.83. The van der Waals surface area contributed by atoms with Crippen LogP contribution in [0.15, 0.2) is 33.3 Å². The van der Waals surface area contributed by atoms with Gasteiger partial charge in [0.25, 0.3) is 0 Å². The van der Waals surface area contributed by atoms with Crippen LogP contribution in [0.1, 0.15) is 32.1 Å². The molecule has 1 heterocycles. The van der Waals surface area contributed by atoms with Gasteiger partial charge in [-0.3, -0.25) is 4.79 Å². The van der Waals surface area contributed by atoms with Crippen molar-refractivity contribution in [3.05, 3.63) is 34.6 Å². The summed E-state index contributed by atoms with van der Waals surface area (Å²) in [5.41, 5.74) is 0.851. The number of nitrogens with zero attached hydrogens (tertiary/aromatic N) is 2. The van der Waals surface area contributed by atoms with E-state index in [1.54, 1.807) is 6.92 Å². The minimum Gasteiger partial charge on any atom is -0.338 e. The van der Waals surface area contributed by atoms with E-state index >= 15 is 0 Å². The Bertz CT molecular complexity index is 566. The minimum absolute atomic E-state index is 0.0947. The molecule has 94 valence electrons. The molecule has 0 saturated heterocycles. The van der Waals surface area contributed by atoms with Gasteiger partial charge in [0, 0.05) is 16.5 Å². The second kappa shape index (κ2) is 5.44. The van der Waals surface area contributed by atoms with Gasteiger partial charge in [0.15, 0.2) is 0 Å². The van der Waals surface area contributed by atoms with Gasteiger partial charge in [-0.2, -0.15) is 4.98 Å². The Morgan fingerprint density at radius 1 is 1.44 bits per heavy atom. The Balaban J connectivity index is 2.31. The zero-order valence-corrected chi connectivity index (χ0v) is 11.8. The summed E-state index contributed by atoms with van der Waals surface area (Å²) >= 11 is 3.43. The van der Waals surface area contributed by atoms with Crippen molar-refractivity contribution in [2.24, 2.45) is 0 Å². The van der Waals surface area contributed by atoms with Crippen molar-refractivity contribution < 1.29 is 9.32 Å². The van der Waals surface area contributed by atoms with Crippen molar-refractivity contribution in [1.29, 1.82) is 0 Å². The van der Waals surface area contributed by atoms with Crippen LogP contribution in [0.4, 0.5) is 0 Å². The Morgan fingerprint density at radius 3 is 2.83 bits per heavy atom. The molecular weight excluding hydrogens is 296 g/mol. The molecule has 2 rings (SSSR count). The van der Waals surface area contributed by atoms with Crippen molar-refractivity contribution in [2.75, 3.05) is 0 Å². The van der Waals surface area contributed by atoms with E-state index in [9.17, 15) is 4.79 Å². The van der Waals surface area contributed by atoms with Crippen LogP contribution in [0.25, 0.3) is 11.4 Å². The highest BCUT2D eigenvalue weighted by atomic mass is 79.9. The number of Topliss-reactive ketones (excluding diaryl/α,β-unsaturated/α-hetero) is 1. The largest absolute Gasteiger partial charge is 0.338 e. The van der Waals surface area contributed by atoms with Crippen LogP contribution < -0.4 is 0 Å². The Hall–Kier alpha value is -1.49. The van der Waals surface area contributed by atoms with Gasteiger partial charge in [0.2, 0.25) is 11.7 Å². The van der Waals surface area contributed by atoms with Crippen LogP contribution in [0.3, 0.4) is 0 Å². The molecule has 2 aromatic rings. The van der Waals surface area contributed by atoms with Crippen molar-refractivity contribution in [3.8, 4) is 11.4 Å². The van der Waals surface area contributed by atoms with E-state index in [4.69, 9.17) is 4.52 Å². The lowest BCUT2D eigenvalue weighted by Gasteiger charge is -2.01. The average Bonchev–Trinajstić information content (AvgIpc) is 2.87. The summed E-state index contributed by atoms with van der Waals surface area (Å²) < 4.78 is 6.05. The molecule has 0 spiro atoms. The van der Waals surface area contributed by atoms with Crippen LogP contribution in [-0.4, -0.2) is 15.9 Å². The maximum absolute atomic E-state index is 11.6. The maximum atomic E-state index is 11.6. The summed E-state index contributed by atoms with van der Waals surface area (Å²) in [7, 11) is 0. The molecule has 0 saturated carbocycles. The predicted molar refractivity (Wildman–Crippen MR) is 71.1 cm³/mol. The summed E-state index contributed by atoms with van der Waals surface area (Å²) in [6.45, 7) is 3.60. The van der Waals surface area contributed by atoms with Gasteiger partial charge in [0.05, 0.1) is 5.92 Å². The molecule has 0 aliphatic heterocycles. The smallest absolute Gasteiger partial charge is 0.237 e. The van der Waals surface area contributed by atoms with E-state index in [1.807, 2.05) is 31.2 Å². The number of aromatic nitrogens is 2. The first kappa shape index (κ1) is 13.0. The van der Waals surface area contributed by atoms with Gasteiger partial charge in [-0.15, -0.1) is 0 Å². The van der Waals surface area contributed by atoms with Crippen LogP contribution in [-0.2, 0) is 4.79 Å². The molecule has 0 fully saturated rings. The molecule has 5 heteroatoms. The fourth-order valence-electron chi connectivity index (χ4n) is 1.61. The van der Waals surface area contributed by atoms with Gasteiger partial charge < -0.3 is 4.52 Å². The van der Waals surface area contributed by atoms with Gasteiger partial charge in [-0.05, 0) is 19.1 Å². The molecule has 0 aliphatic rings. The number of ketones is 1. The van der Waals surface area contributed by atoms with Crippen molar-refractivity contribution in [1.82, 2.24) is 10.1 Å². The van der Waals surface area contributed by atoms with Gasteiger partial charge >= 0.3 is 0 Å². The first-order valence-corrected chi connectivity index (χ1v) is 6.54. The van der Waals surface area contributed by atoms with E-state index in [0.29, 0.717) is 18.1 Å². The lowest BCUT2D eigenvalue weighted by molar-refractivity contribution is -0.120. The van der Waals surface area contributed by atoms with Crippen molar-refractivity contribution in [2.45, 2.75) is 26.2 Å². The topological polar surface area (TPSA) is 56.0 Å². The molecule has 1 unspecified atom stereocenters. The highest BCUT2D eigenvalue weighted by Crippen LogP contribution is 2.27. The summed E-state index contributed by atoms with van der Waals surface area (Å²) in [6.07, 6.45) is 0.466. The summed E-state index contributed by atoms with van der Waals surface area (Å²) in [6, 6.07) is 7.62. The highest BCUT2D eigenvalue weighted by Gasteiger charge is 2.21. The Morgan fingerprint density at radius 2 is 2.17 bits per heavy atom. The third-order valence-electron chi connectivity index (χ3n) is 2.76. The molecule has 1 aromatic heterocycles. The van der Waals surface area contributed by atoms with Crippen LogP contribution in [0.5, 0.6) is 0 Å². The van der Waals surface area contributed by atoms with E-state index in [-0.39, 0.29) is 11.7 Å². The molecule has 0 N–H and O–H groups in total. The number of hydrogen-bond donors (Lipinski definition) is 0. The van der Waals surface area contributed by atoms with Gasteiger partial charge in [-0.1, -0.05) is 40.1 Å². The third-order valence-corrected chi connectivity index (χ3v) is 3.45. The van der Waals surface area contributed by atoms with Crippen LogP contribution >= 0.6 is 15.9 Å². The molecule has 18 heavy (non-hydrogen) atoms. The standard InChI is InChI=1S/C13H13BrN2O2/c1-3-11(17)8(2)13-15-12(16-18-13)9-6-4-5-7-10(9)14/h4-8H,3H2,1-2H3. The number of benzene rings is 1. The number of rotatable bonds is 4. The quantitative estimate of drug-likeness (QED) is 0.866. The molecule has 4 nitrogen and oxygen atoms in total. The predicted octanol–water partition coefficient (Wildman–Crippen LogP) is 3.58. The molecule has 1 aromatic carbocycles. The van der Waals surface area contributed by atoms with Crippen molar-refractivity contribution >= 4 is 21.7 Å². The fraction of sp³-hybridized carbons (Fsp3) is 0.308. The zero-order valence-electron chi connectivity index (χ0n) is 10.2. The lowest BCUT2D eigenvalue weighted by Crippen LogP contribution is -2.07. The SMILES string of the molecule is CCC(=O)C(C)c1nc(-c2ccccc2Br)no1. The second-order valence-electron chi connectivity index (χ2n) is 3.98. The lowest BCUT2D eigenvalue weighted by atomic mass is 10.1. The van der Waals surface area contributed by atoms with E-state index < -0.39 is 0 Å². The molecule has 0 amide bonds. The summed E-state index contributed by atoms with van der Waals surface area (Å²) in [4.78, 5) is 15.9. The fourth-order valence-corrected chi connectivity index (χ4v) is 2.07. The summed E-state index contributed by atoms with van der Waals surface area (Å²) in [5.74, 6) is 0.608. The number of carbonyl (C=O) groups excluding carboxylic acids is 1. The first-order chi connectivity index (χ1) is 8.63. The summed E-state index contributed by atoms with van der Waals surface area (Å²) in [5, 5.41) is 3.92. The molecule has 0 aliphatic carbocycles. The third kappa shape index (κ3) is 2.51. The number of hydrogen-bond acceptors (Lipinski definition) is 4. The molecule has 0 radical (unpaired) electrons. The minimum atomic E-state index is -0.348. The number of carbonyl (C=O) groups is 1. The van der Waals surface area contributed by atoms with E-state index in [0.717, 1.165) is 10.0 Å². The molecule has 0 bridgehead atoms. The monoisotopic (exact) mass is 308 g/mol. The number of halogens is 1. The van der Waals surface area contributed by atoms with Gasteiger partial charge in [-0.25, -0.2) is 0 Å². The van der Waals surface area contributed by atoms with Gasteiger partial charge in [0.1, 0.15) is 5.78 Å². The van der Waals surface area contributed by atoms with Crippen LogP contribution in [0, 0.1) is 0 Å². The van der Waals surface area contributed by atoms with Crippen LogP contribution in [0.2, 0.25) is 0 Å². The highest BCUT2D eigenvalue weighted by molar-refractivity contribution is 9.10. The average molecular weight is 309 g/mol. The Labute approximate surface area is 114 Å². The first-order valence-electron chi connectivity index (χ1n) is 5.74. The zero-order chi connectivity index (χ0) is 13.1. The van der Waals surface area contributed by atoms with Crippen molar-refractivity contribution in [3.63, 3.8) is 0 Å². The van der Waals surface area contributed by atoms with E-state index in [1.165, 1.54) is 0 Å². The Kier molecular flexibility index (Phi) is 3.91. The molecule has 1 atom stereocenters. The maximum Gasteiger partial charge on any atom is 0.237 e.